The van der Waals surface area contributed by atoms with Crippen LogP contribution in [0.4, 0.5) is 13.2 Å². The fourth-order valence-electron chi connectivity index (χ4n) is 2.16. The molecular formula is C13H15F3N2O2. The van der Waals surface area contributed by atoms with Crippen LogP contribution in [0.5, 0.6) is 0 Å². The van der Waals surface area contributed by atoms with Gasteiger partial charge in [0.25, 0.3) is 0 Å². The Labute approximate surface area is 114 Å². The van der Waals surface area contributed by atoms with Crippen molar-refractivity contribution in [2.75, 3.05) is 0 Å². The Morgan fingerprint density at radius 1 is 1.65 bits per heavy atom. The number of hydrogen-bond donors (Lipinski definition) is 0. The summed E-state index contributed by atoms with van der Waals surface area (Å²) in [4.78, 5) is 12.6. The number of rotatable bonds is 5. The summed E-state index contributed by atoms with van der Waals surface area (Å²) in [5.41, 5.74) is 0.943. The first-order chi connectivity index (χ1) is 9.34. The third-order valence-corrected chi connectivity index (χ3v) is 3.37. The quantitative estimate of drug-likeness (QED) is 0.783. The summed E-state index contributed by atoms with van der Waals surface area (Å²) >= 11 is 0. The second kappa shape index (κ2) is 5.30. The third kappa shape index (κ3) is 3.02. The molecule has 1 atom stereocenters. The van der Waals surface area contributed by atoms with Gasteiger partial charge in [0.05, 0.1) is 6.54 Å². The van der Waals surface area contributed by atoms with Crippen LogP contribution in [0.2, 0.25) is 0 Å². The highest BCUT2D eigenvalue weighted by atomic mass is 19.4. The van der Waals surface area contributed by atoms with E-state index in [0.717, 1.165) is 11.0 Å². The second-order valence-corrected chi connectivity index (χ2v) is 4.94. The fourth-order valence-corrected chi connectivity index (χ4v) is 2.16. The molecule has 20 heavy (non-hydrogen) atoms. The molecular weight excluding hydrogens is 273 g/mol. The molecule has 1 unspecified atom stereocenters. The lowest BCUT2D eigenvalue weighted by Gasteiger charge is -2.32. The Morgan fingerprint density at radius 3 is 2.70 bits per heavy atom. The van der Waals surface area contributed by atoms with Gasteiger partial charge in [0.15, 0.2) is 0 Å². The summed E-state index contributed by atoms with van der Waals surface area (Å²) < 4.78 is 44.4. The average molecular weight is 288 g/mol. The highest BCUT2D eigenvalue weighted by Crippen LogP contribution is 2.43. The third-order valence-electron chi connectivity index (χ3n) is 3.37. The van der Waals surface area contributed by atoms with Crippen molar-refractivity contribution < 1.29 is 22.5 Å². The minimum atomic E-state index is -4.46. The van der Waals surface area contributed by atoms with Crippen LogP contribution in [-0.4, -0.2) is 28.2 Å². The molecule has 1 amide bonds. The first-order valence-corrected chi connectivity index (χ1v) is 6.24. The molecule has 1 heterocycles. The molecule has 1 aromatic heterocycles. The van der Waals surface area contributed by atoms with Gasteiger partial charge < -0.3 is 9.42 Å². The summed E-state index contributed by atoms with van der Waals surface area (Å²) in [6.45, 7) is 4.72. The van der Waals surface area contributed by atoms with Gasteiger partial charge in [-0.25, -0.2) is 0 Å². The zero-order valence-electron chi connectivity index (χ0n) is 11.0. The molecule has 110 valence electrons. The normalized spacial score (nSPS) is 16.8. The largest absolute Gasteiger partial charge is 0.409 e. The Bertz CT molecular complexity index is 506. The topological polar surface area (TPSA) is 46.3 Å². The minimum Gasteiger partial charge on any atom is -0.364 e. The molecule has 1 aliphatic rings. The summed E-state index contributed by atoms with van der Waals surface area (Å²) in [5.74, 6) is -1.28. The van der Waals surface area contributed by atoms with Gasteiger partial charge in [-0.2, -0.15) is 13.2 Å². The smallest absolute Gasteiger partial charge is 0.364 e. The maximum Gasteiger partial charge on any atom is 0.409 e. The van der Waals surface area contributed by atoms with Gasteiger partial charge in [-0.15, -0.1) is 0 Å². The molecule has 4 nitrogen and oxygen atoms in total. The molecule has 1 saturated carbocycles. The van der Waals surface area contributed by atoms with Crippen LogP contribution in [0.15, 0.2) is 23.4 Å². The molecule has 0 bridgehead atoms. The molecule has 1 fully saturated rings. The number of hydrogen-bond acceptors (Lipinski definition) is 3. The molecule has 2 rings (SSSR count). The molecule has 0 aromatic carbocycles. The van der Waals surface area contributed by atoms with Gasteiger partial charge in [-0.3, -0.25) is 4.79 Å². The van der Waals surface area contributed by atoms with Crippen LogP contribution in [0.3, 0.4) is 0 Å². The SMILES string of the molecule is C=CC(=O)N(Cc1nocc1C)C(C1CC1)C(F)(F)F. The first kappa shape index (κ1) is 14.6. The van der Waals surface area contributed by atoms with Crippen molar-refractivity contribution in [1.29, 1.82) is 0 Å². The zero-order chi connectivity index (χ0) is 14.9. The van der Waals surface area contributed by atoms with Crippen molar-refractivity contribution in [3.05, 3.63) is 30.2 Å². The number of halogens is 3. The predicted octanol–water partition coefficient (Wildman–Crippen LogP) is 2.84. The van der Waals surface area contributed by atoms with Crippen LogP contribution in [0.25, 0.3) is 0 Å². The number of amides is 1. The van der Waals surface area contributed by atoms with Crippen molar-refractivity contribution in [3.63, 3.8) is 0 Å². The summed E-state index contributed by atoms with van der Waals surface area (Å²) in [6.07, 6.45) is -1.27. The molecule has 0 aliphatic heterocycles. The summed E-state index contributed by atoms with van der Waals surface area (Å²) in [5, 5.41) is 3.65. The second-order valence-electron chi connectivity index (χ2n) is 4.94. The van der Waals surface area contributed by atoms with Crippen molar-refractivity contribution >= 4 is 5.91 Å². The lowest BCUT2D eigenvalue weighted by Crippen LogP contribution is -2.49. The lowest BCUT2D eigenvalue weighted by atomic mass is 10.1. The van der Waals surface area contributed by atoms with Crippen molar-refractivity contribution in [2.24, 2.45) is 5.92 Å². The Balaban J connectivity index is 2.28. The van der Waals surface area contributed by atoms with Gasteiger partial charge >= 0.3 is 6.18 Å². The van der Waals surface area contributed by atoms with E-state index in [4.69, 9.17) is 4.52 Å². The molecule has 1 aromatic rings. The van der Waals surface area contributed by atoms with Crippen LogP contribution in [-0.2, 0) is 11.3 Å². The van der Waals surface area contributed by atoms with E-state index in [9.17, 15) is 18.0 Å². The van der Waals surface area contributed by atoms with Gasteiger partial charge in [0.2, 0.25) is 5.91 Å². The van der Waals surface area contributed by atoms with Crippen LogP contribution in [0.1, 0.15) is 24.1 Å². The monoisotopic (exact) mass is 288 g/mol. The number of alkyl halides is 3. The highest BCUT2D eigenvalue weighted by Gasteiger charge is 2.53. The van der Waals surface area contributed by atoms with E-state index in [1.54, 1.807) is 6.92 Å². The molecule has 7 heteroatoms. The zero-order valence-corrected chi connectivity index (χ0v) is 11.0. The van der Waals surface area contributed by atoms with Gasteiger partial charge in [-0.05, 0) is 31.8 Å². The predicted molar refractivity (Wildman–Crippen MR) is 64.6 cm³/mol. The Hall–Kier alpha value is -1.79. The number of nitrogens with zero attached hydrogens (tertiary/aromatic N) is 2. The van der Waals surface area contributed by atoms with Crippen LogP contribution in [0, 0.1) is 12.8 Å². The van der Waals surface area contributed by atoms with E-state index < -0.39 is 24.0 Å². The fraction of sp³-hybridized carbons (Fsp3) is 0.538. The Kier molecular flexibility index (Phi) is 3.87. The van der Waals surface area contributed by atoms with Crippen LogP contribution >= 0.6 is 0 Å². The van der Waals surface area contributed by atoms with E-state index in [1.807, 2.05) is 0 Å². The summed E-state index contributed by atoms with van der Waals surface area (Å²) in [6, 6.07) is -1.79. The van der Waals surface area contributed by atoms with E-state index in [0.29, 0.717) is 24.1 Å². The van der Waals surface area contributed by atoms with E-state index in [-0.39, 0.29) is 6.54 Å². The molecule has 0 saturated heterocycles. The maximum absolute atomic E-state index is 13.2. The van der Waals surface area contributed by atoms with Crippen molar-refractivity contribution in [1.82, 2.24) is 10.1 Å². The molecule has 1 aliphatic carbocycles. The molecule has 0 radical (unpaired) electrons. The highest BCUT2D eigenvalue weighted by molar-refractivity contribution is 5.87. The van der Waals surface area contributed by atoms with Crippen molar-refractivity contribution in [2.45, 2.75) is 38.5 Å². The Morgan fingerprint density at radius 2 is 2.30 bits per heavy atom. The van der Waals surface area contributed by atoms with Gasteiger partial charge in [0.1, 0.15) is 18.0 Å². The van der Waals surface area contributed by atoms with E-state index in [1.165, 1.54) is 6.26 Å². The number of aryl methyl sites for hydroxylation is 1. The van der Waals surface area contributed by atoms with Gasteiger partial charge in [-0.1, -0.05) is 11.7 Å². The minimum absolute atomic E-state index is 0.228. The van der Waals surface area contributed by atoms with Crippen LogP contribution < -0.4 is 0 Å². The van der Waals surface area contributed by atoms with E-state index in [2.05, 4.69) is 11.7 Å². The molecule has 0 spiro atoms. The van der Waals surface area contributed by atoms with E-state index >= 15 is 0 Å². The number of aromatic nitrogens is 1. The number of carbonyl (C=O) groups excluding carboxylic acids is 1. The molecule has 0 N–H and O–H groups in total. The number of carbonyl (C=O) groups is 1. The summed E-state index contributed by atoms with van der Waals surface area (Å²) in [7, 11) is 0. The standard InChI is InChI=1S/C13H15F3N2O2/c1-3-11(19)18(6-10-8(2)7-20-17-10)12(9-4-5-9)13(14,15)16/h3,7,9,12H,1,4-6H2,2H3. The average Bonchev–Trinajstić information content (AvgIpc) is 3.10. The first-order valence-electron chi connectivity index (χ1n) is 6.24. The van der Waals surface area contributed by atoms with Gasteiger partial charge in [0, 0.05) is 5.56 Å². The lowest BCUT2D eigenvalue weighted by molar-refractivity contribution is -0.194. The maximum atomic E-state index is 13.2. The van der Waals surface area contributed by atoms with Crippen molar-refractivity contribution in [3.8, 4) is 0 Å².